The van der Waals surface area contributed by atoms with Crippen molar-refractivity contribution in [1.29, 1.82) is 0 Å². The molecule has 1 aromatic carbocycles. The molecular weight excluding hydrogens is 304 g/mol. The Morgan fingerprint density at radius 2 is 2.10 bits per heavy atom. The summed E-state index contributed by atoms with van der Waals surface area (Å²) < 4.78 is 54.3. The molecule has 0 bridgehead atoms. The fourth-order valence-electron chi connectivity index (χ4n) is 1.36. The van der Waals surface area contributed by atoms with Crippen molar-refractivity contribution in [1.82, 2.24) is 0 Å². The molecule has 1 aromatic rings. The number of nitrogen functional groups attached to an aromatic ring is 1. The van der Waals surface area contributed by atoms with E-state index in [1.54, 1.807) is 0 Å². The Balaban J connectivity index is 3.08. The first-order valence-electron chi connectivity index (χ1n) is 5.26. The molecule has 0 heterocycles. The van der Waals surface area contributed by atoms with Gasteiger partial charge < -0.3 is 15.8 Å². The molecule has 1 rings (SSSR count). The molecule has 0 aliphatic carbocycles. The van der Waals surface area contributed by atoms with Gasteiger partial charge in [-0.25, -0.2) is 13.6 Å². The quantitative estimate of drug-likeness (QED) is 0.498. The summed E-state index contributed by atoms with van der Waals surface area (Å²) in [6.07, 6.45) is -3.84. The molecule has 0 saturated carbocycles. The maximum Gasteiger partial charge on any atom is 0.340 e. The lowest BCUT2D eigenvalue weighted by molar-refractivity contribution is -0.117. The summed E-state index contributed by atoms with van der Waals surface area (Å²) >= 11 is 5.76. The minimum Gasteiger partial charge on any atom is -0.465 e. The molecule has 20 heavy (non-hydrogen) atoms. The van der Waals surface area contributed by atoms with Crippen LogP contribution in [0.4, 0.5) is 28.9 Å². The molecule has 0 radical (unpaired) electrons. The largest absolute Gasteiger partial charge is 0.465 e. The lowest BCUT2D eigenvalue weighted by atomic mass is 10.1. The number of esters is 1. The number of rotatable bonds is 5. The summed E-state index contributed by atoms with van der Waals surface area (Å²) in [7, 11) is 1.07. The molecule has 4 nitrogen and oxygen atoms in total. The van der Waals surface area contributed by atoms with Crippen molar-refractivity contribution in [2.75, 3.05) is 24.7 Å². The van der Waals surface area contributed by atoms with Gasteiger partial charge in [-0.1, -0.05) is 11.6 Å². The topological polar surface area (TPSA) is 64.3 Å². The third-order valence-electron chi connectivity index (χ3n) is 2.34. The normalized spacial score (nSPS) is 11.6. The number of hydrogen-bond acceptors (Lipinski definition) is 4. The van der Waals surface area contributed by atoms with Gasteiger partial charge in [-0.15, -0.1) is 0 Å². The number of anilines is 2. The number of carbonyl (C=O) groups excluding carboxylic acids is 1. The number of hydrogen-bond donors (Lipinski definition) is 2. The highest BCUT2D eigenvalue weighted by atomic mass is 35.5. The van der Waals surface area contributed by atoms with E-state index in [0.717, 1.165) is 13.2 Å². The number of nitrogens with two attached hydrogens (primary N) is 1. The molecule has 0 atom stereocenters. The standard InChI is InChI=1S/C11H11ClF4N2O2/c1-20-9(19)6-2-5(17)3-7(12)8(6)18-4-11(15,16)10(13)14/h2-3,10,18H,4,17H2,1H3. The van der Waals surface area contributed by atoms with E-state index in [2.05, 4.69) is 4.74 Å². The zero-order valence-electron chi connectivity index (χ0n) is 10.2. The summed E-state index contributed by atoms with van der Waals surface area (Å²) in [5, 5.41) is 1.87. The van der Waals surface area contributed by atoms with Crippen molar-refractivity contribution in [3.05, 3.63) is 22.7 Å². The van der Waals surface area contributed by atoms with Crippen LogP contribution in [0, 0.1) is 0 Å². The Labute approximate surface area is 116 Å². The summed E-state index contributed by atoms with van der Waals surface area (Å²) in [6.45, 7) is -1.39. The van der Waals surface area contributed by atoms with Crippen LogP contribution >= 0.6 is 11.6 Å². The van der Waals surface area contributed by atoms with Crippen LogP contribution in [0.1, 0.15) is 10.4 Å². The van der Waals surface area contributed by atoms with E-state index in [1.807, 2.05) is 5.32 Å². The fraction of sp³-hybridized carbons (Fsp3) is 0.364. The fourth-order valence-corrected chi connectivity index (χ4v) is 1.66. The third kappa shape index (κ3) is 3.66. The van der Waals surface area contributed by atoms with Gasteiger partial charge in [-0.05, 0) is 12.1 Å². The van der Waals surface area contributed by atoms with E-state index in [4.69, 9.17) is 17.3 Å². The lowest BCUT2D eigenvalue weighted by Crippen LogP contribution is -2.35. The van der Waals surface area contributed by atoms with E-state index in [-0.39, 0.29) is 22.0 Å². The second kappa shape index (κ2) is 6.17. The van der Waals surface area contributed by atoms with E-state index in [9.17, 15) is 22.4 Å². The van der Waals surface area contributed by atoms with Crippen molar-refractivity contribution in [3.8, 4) is 0 Å². The summed E-state index contributed by atoms with van der Waals surface area (Å²) in [5.74, 6) is -5.15. The highest BCUT2D eigenvalue weighted by Gasteiger charge is 2.40. The Morgan fingerprint density at radius 3 is 2.60 bits per heavy atom. The lowest BCUT2D eigenvalue weighted by Gasteiger charge is -2.19. The van der Waals surface area contributed by atoms with Crippen LogP contribution in [0.2, 0.25) is 5.02 Å². The average molecular weight is 315 g/mol. The van der Waals surface area contributed by atoms with Gasteiger partial charge in [-0.2, -0.15) is 8.78 Å². The molecule has 0 unspecified atom stereocenters. The van der Waals surface area contributed by atoms with Gasteiger partial charge >= 0.3 is 18.3 Å². The smallest absolute Gasteiger partial charge is 0.340 e. The second-order valence-corrected chi connectivity index (χ2v) is 4.24. The average Bonchev–Trinajstić information content (AvgIpc) is 2.35. The number of carbonyl (C=O) groups is 1. The van der Waals surface area contributed by atoms with E-state index in [0.29, 0.717) is 0 Å². The predicted octanol–water partition coefficient (Wildman–Crippen LogP) is 3.02. The Kier molecular flexibility index (Phi) is 5.04. The molecule has 0 aliphatic heterocycles. The molecule has 112 valence electrons. The van der Waals surface area contributed by atoms with Gasteiger partial charge in [0.2, 0.25) is 0 Å². The van der Waals surface area contributed by atoms with Crippen molar-refractivity contribution < 1.29 is 27.1 Å². The maximum absolute atomic E-state index is 12.9. The van der Waals surface area contributed by atoms with Crippen molar-refractivity contribution in [3.63, 3.8) is 0 Å². The SMILES string of the molecule is COC(=O)c1cc(N)cc(Cl)c1NCC(F)(F)C(F)F. The van der Waals surface area contributed by atoms with Crippen molar-refractivity contribution in [2.24, 2.45) is 0 Å². The minimum atomic E-state index is -4.27. The third-order valence-corrected chi connectivity index (χ3v) is 2.64. The van der Waals surface area contributed by atoms with E-state index in [1.165, 1.54) is 6.07 Å². The summed E-state index contributed by atoms with van der Waals surface area (Å²) in [6, 6.07) is 2.33. The molecule has 0 fully saturated rings. The summed E-state index contributed by atoms with van der Waals surface area (Å²) in [5.41, 5.74) is 5.10. The van der Waals surface area contributed by atoms with Gasteiger partial charge in [-0.3, -0.25) is 0 Å². The number of halogens is 5. The number of ether oxygens (including phenoxy) is 1. The maximum atomic E-state index is 12.9. The van der Waals surface area contributed by atoms with Gasteiger partial charge in [0, 0.05) is 5.69 Å². The molecule has 0 aromatic heterocycles. The Morgan fingerprint density at radius 1 is 1.50 bits per heavy atom. The molecule has 0 aliphatic rings. The number of nitrogens with one attached hydrogen (secondary N) is 1. The summed E-state index contributed by atoms with van der Waals surface area (Å²) in [4.78, 5) is 11.5. The Bertz CT molecular complexity index is 511. The first-order valence-corrected chi connectivity index (χ1v) is 5.64. The first-order chi connectivity index (χ1) is 9.19. The van der Waals surface area contributed by atoms with Crippen LogP contribution in [0.25, 0.3) is 0 Å². The van der Waals surface area contributed by atoms with Crippen molar-refractivity contribution in [2.45, 2.75) is 12.3 Å². The Hall–Kier alpha value is -1.70. The monoisotopic (exact) mass is 314 g/mol. The van der Waals surface area contributed by atoms with Gasteiger partial charge in [0.25, 0.3) is 0 Å². The highest BCUT2D eigenvalue weighted by Crippen LogP contribution is 2.31. The molecule has 3 N–H and O–H groups in total. The van der Waals surface area contributed by atoms with Gasteiger partial charge in [0.05, 0.1) is 29.9 Å². The minimum absolute atomic E-state index is 0.0987. The molecule has 0 spiro atoms. The number of methoxy groups -OCH3 is 1. The van der Waals surface area contributed by atoms with Crippen molar-refractivity contribution >= 4 is 28.9 Å². The number of benzene rings is 1. The molecule has 0 amide bonds. The zero-order valence-corrected chi connectivity index (χ0v) is 11.0. The molecule has 0 saturated heterocycles. The van der Waals surface area contributed by atoms with Crippen LogP contribution < -0.4 is 11.1 Å². The molecular formula is C11H11ClF4N2O2. The molecule has 9 heteroatoms. The van der Waals surface area contributed by atoms with Crippen LogP contribution in [-0.2, 0) is 4.74 Å². The predicted molar refractivity (Wildman–Crippen MR) is 66.6 cm³/mol. The van der Waals surface area contributed by atoms with Gasteiger partial charge in [0.1, 0.15) is 0 Å². The highest BCUT2D eigenvalue weighted by molar-refractivity contribution is 6.34. The first kappa shape index (κ1) is 16.4. The van der Waals surface area contributed by atoms with Crippen LogP contribution in [0.15, 0.2) is 12.1 Å². The number of alkyl halides is 4. The van der Waals surface area contributed by atoms with Crippen LogP contribution in [-0.4, -0.2) is 32.0 Å². The second-order valence-electron chi connectivity index (χ2n) is 3.83. The van der Waals surface area contributed by atoms with Gasteiger partial charge in [0.15, 0.2) is 0 Å². The van der Waals surface area contributed by atoms with E-state index >= 15 is 0 Å². The van der Waals surface area contributed by atoms with E-state index < -0.39 is 24.9 Å². The zero-order chi connectivity index (χ0) is 15.5. The van der Waals surface area contributed by atoms with Crippen LogP contribution in [0.3, 0.4) is 0 Å². The van der Waals surface area contributed by atoms with Crippen LogP contribution in [0.5, 0.6) is 0 Å².